The molecule has 0 aliphatic carbocycles. The second-order valence-electron chi connectivity index (χ2n) is 6.49. The topological polar surface area (TPSA) is 12.5 Å². The third-order valence-electron chi connectivity index (χ3n) is 4.76. The summed E-state index contributed by atoms with van der Waals surface area (Å²) in [5, 5.41) is 1.00. The Hall–Kier alpha value is -1.29. The summed E-state index contributed by atoms with van der Waals surface area (Å²) in [5.41, 5.74) is 2.17. The fraction of sp³-hybridized carbons (Fsp3) is 0.368. The number of nitrogens with zero attached hydrogens (tertiary/aromatic N) is 1. The lowest BCUT2D eigenvalue weighted by molar-refractivity contribution is 0.169. The molecule has 2 nitrogen and oxygen atoms in total. The highest BCUT2D eigenvalue weighted by Gasteiger charge is 2.30. The zero-order valence-electron chi connectivity index (χ0n) is 13.2. The number of ether oxygens (including phenoxy) is 1. The van der Waals surface area contributed by atoms with Crippen molar-refractivity contribution < 1.29 is 9.13 Å². The van der Waals surface area contributed by atoms with Gasteiger partial charge in [0.25, 0.3) is 0 Å². The summed E-state index contributed by atoms with van der Waals surface area (Å²) in [6.07, 6.45) is 3.27. The Bertz CT molecular complexity index is 754. The molecule has 0 radical (unpaired) electrons. The van der Waals surface area contributed by atoms with Crippen LogP contribution in [0.5, 0.6) is 5.75 Å². The molecule has 0 amide bonds. The van der Waals surface area contributed by atoms with Gasteiger partial charge in [0.1, 0.15) is 17.7 Å². The third-order valence-corrected chi connectivity index (χ3v) is 5.39. The van der Waals surface area contributed by atoms with E-state index in [1.165, 1.54) is 18.9 Å². The van der Waals surface area contributed by atoms with E-state index in [9.17, 15) is 4.39 Å². The molecule has 2 aliphatic rings. The summed E-state index contributed by atoms with van der Waals surface area (Å²) in [6.45, 7) is 3.12. The molecule has 0 bridgehead atoms. The summed E-state index contributed by atoms with van der Waals surface area (Å²) in [6, 6.07) is 8.33. The number of halogens is 3. The molecular formula is C19H18Cl2FNO. The molecule has 0 N–H and O–H groups in total. The fourth-order valence-corrected chi connectivity index (χ4v) is 4.29. The van der Waals surface area contributed by atoms with Crippen LogP contribution in [0.2, 0.25) is 10.0 Å². The first kappa shape index (κ1) is 16.2. The van der Waals surface area contributed by atoms with Crippen molar-refractivity contribution in [3.8, 4) is 16.9 Å². The maximum atomic E-state index is 14.2. The Morgan fingerprint density at radius 3 is 2.54 bits per heavy atom. The minimum Gasteiger partial charge on any atom is -0.488 e. The van der Waals surface area contributed by atoms with Crippen LogP contribution in [-0.4, -0.2) is 30.6 Å². The molecular weight excluding hydrogens is 348 g/mol. The normalized spacial score (nSPS) is 20.2. The first-order chi connectivity index (χ1) is 11.6. The highest BCUT2D eigenvalue weighted by molar-refractivity contribution is 6.39. The lowest BCUT2D eigenvalue weighted by Crippen LogP contribution is -2.32. The summed E-state index contributed by atoms with van der Waals surface area (Å²) in [4.78, 5) is 2.41. The van der Waals surface area contributed by atoms with E-state index in [1.54, 1.807) is 24.3 Å². The van der Waals surface area contributed by atoms with Gasteiger partial charge in [-0.2, -0.15) is 0 Å². The zero-order chi connectivity index (χ0) is 16.7. The van der Waals surface area contributed by atoms with Gasteiger partial charge in [-0.15, -0.1) is 0 Å². The molecule has 0 saturated carbocycles. The molecule has 24 heavy (non-hydrogen) atoms. The molecule has 2 aliphatic heterocycles. The number of hydrogen-bond acceptors (Lipinski definition) is 2. The van der Waals surface area contributed by atoms with E-state index in [4.69, 9.17) is 27.9 Å². The highest BCUT2D eigenvalue weighted by atomic mass is 35.5. The van der Waals surface area contributed by atoms with E-state index in [2.05, 4.69) is 4.90 Å². The molecule has 1 unspecified atom stereocenters. The number of fused-ring (bicyclic) bond motifs is 1. The zero-order valence-corrected chi connectivity index (χ0v) is 14.7. The standard InChI is InChI=1S/C19H18Cl2FNO/c20-16-4-3-5-17(21)18(16)15-10-13(22)8-12-9-14(24-19(12)15)11-23-6-1-2-7-23/h3-5,8,10,14H,1-2,6-7,9,11H2. The fourth-order valence-electron chi connectivity index (χ4n) is 3.69. The van der Waals surface area contributed by atoms with Crippen LogP contribution >= 0.6 is 23.2 Å². The molecule has 0 aromatic heterocycles. The summed E-state index contributed by atoms with van der Waals surface area (Å²) >= 11 is 12.6. The van der Waals surface area contributed by atoms with Crippen molar-refractivity contribution in [1.82, 2.24) is 4.90 Å². The van der Waals surface area contributed by atoms with Gasteiger partial charge in [0, 0.05) is 29.7 Å². The third kappa shape index (κ3) is 3.01. The van der Waals surface area contributed by atoms with Crippen molar-refractivity contribution in [3.63, 3.8) is 0 Å². The van der Waals surface area contributed by atoms with Crippen LogP contribution in [0.15, 0.2) is 30.3 Å². The average Bonchev–Trinajstić information content (AvgIpc) is 3.16. The second-order valence-corrected chi connectivity index (χ2v) is 7.30. The van der Waals surface area contributed by atoms with Crippen LogP contribution in [0.3, 0.4) is 0 Å². The van der Waals surface area contributed by atoms with Crippen LogP contribution in [0.25, 0.3) is 11.1 Å². The minimum atomic E-state index is -0.287. The van der Waals surface area contributed by atoms with Crippen molar-refractivity contribution in [1.29, 1.82) is 0 Å². The Morgan fingerprint density at radius 2 is 1.83 bits per heavy atom. The van der Waals surface area contributed by atoms with Crippen LogP contribution in [0, 0.1) is 5.82 Å². The lowest BCUT2D eigenvalue weighted by atomic mass is 10.00. The number of likely N-dealkylation sites (tertiary alicyclic amines) is 1. The number of hydrogen-bond donors (Lipinski definition) is 0. The monoisotopic (exact) mass is 365 g/mol. The van der Waals surface area contributed by atoms with E-state index < -0.39 is 0 Å². The van der Waals surface area contributed by atoms with Gasteiger partial charge in [0.2, 0.25) is 0 Å². The number of benzene rings is 2. The smallest absolute Gasteiger partial charge is 0.131 e. The van der Waals surface area contributed by atoms with Gasteiger partial charge in [-0.05, 0) is 50.2 Å². The lowest BCUT2D eigenvalue weighted by Gasteiger charge is -2.20. The molecule has 1 atom stereocenters. The second kappa shape index (κ2) is 6.55. The van der Waals surface area contributed by atoms with Gasteiger partial charge in [0.15, 0.2) is 0 Å². The highest BCUT2D eigenvalue weighted by Crippen LogP contribution is 2.44. The van der Waals surface area contributed by atoms with Crippen LogP contribution in [0.4, 0.5) is 4.39 Å². The first-order valence-corrected chi connectivity index (χ1v) is 9.03. The Morgan fingerprint density at radius 1 is 1.12 bits per heavy atom. The van der Waals surface area contributed by atoms with Gasteiger partial charge >= 0.3 is 0 Å². The molecule has 1 saturated heterocycles. The maximum absolute atomic E-state index is 14.2. The largest absolute Gasteiger partial charge is 0.488 e. The Labute approximate surface area is 151 Å². The van der Waals surface area contributed by atoms with Crippen molar-refractivity contribution in [3.05, 3.63) is 51.8 Å². The minimum absolute atomic E-state index is 0.0555. The molecule has 0 spiro atoms. The molecule has 2 aromatic carbocycles. The Kier molecular flexibility index (Phi) is 4.42. The van der Waals surface area contributed by atoms with Crippen LogP contribution in [0.1, 0.15) is 18.4 Å². The van der Waals surface area contributed by atoms with Gasteiger partial charge in [-0.3, -0.25) is 4.90 Å². The van der Waals surface area contributed by atoms with Crippen molar-refractivity contribution in [2.75, 3.05) is 19.6 Å². The van der Waals surface area contributed by atoms with Crippen LogP contribution < -0.4 is 4.74 Å². The van der Waals surface area contributed by atoms with Gasteiger partial charge in [-0.25, -0.2) is 4.39 Å². The molecule has 1 fully saturated rings. The summed E-state index contributed by atoms with van der Waals surface area (Å²) in [5.74, 6) is 0.431. The van der Waals surface area contributed by atoms with E-state index >= 15 is 0 Å². The predicted octanol–water partition coefficient (Wildman–Crippen LogP) is 5.20. The van der Waals surface area contributed by atoms with E-state index in [0.717, 1.165) is 37.4 Å². The van der Waals surface area contributed by atoms with E-state index in [1.807, 2.05) is 0 Å². The predicted molar refractivity (Wildman–Crippen MR) is 95.7 cm³/mol. The molecule has 2 heterocycles. The Balaban J connectivity index is 1.69. The number of rotatable bonds is 3. The summed E-state index contributed by atoms with van der Waals surface area (Å²) < 4.78 is 20.3. The van der Waals surface area contributed by atoms with E-state index in [-0.39, 0.29) is 11.9 Å². The first-order valence-electron chi connectivity index (χ1n) is 8.27. The SMILES string of the molecule is Fc1cc2c(c(-c3c(Cl)cccc3Cl)c1)OC(CN1CCCC1)C2. The van der Waals surface area contributed by atoms with Gasteiger partial charge < -0.3 is 4.74 Å². The van der Waals surface area contributed by atoms with Gasteiger partial charge in [0.05, 0.1) is 10.0 Å². The molecule has 126 valence electrons. The van der Waals surface area contributed by atoms with Crippen molar-refractivity contribution in [2.45, 2.75) is 25.4 Å². The summed E-state index contributed by atoms with van der Waals surface area (Å²) in [7, 11) is 0. The van der Waals surface area contributed by atoms with Crippen molar-refractivity contribution in [2.24, 2.45) is 0 Å². The molecule has 2 aromatic rings. The molecule has 4 rings (SSSR count). The van der Waals surface area contributed by atoms with Crippen molar-refractivity contribution >= 4 is 23.2 Å². The average molecular weight is 366 g/mol. The van der Waals surface area contributed by atoms with Crippen LogP contribution in [-0.2, 0) is 6.42 Å². The molecule has 5 heteroatoms. The van der Waals surface area contributed by atoms with E-state index in [0.29, 0.717) is 21.2 Å². The van der Waals surface area contributed by atoms with Gasteiger partial charge in [-0.1, -0.05) is 29.3 Å². The quantitative estimate of drug-likeness (QED) is 0.741. The maximum Gasteiger partial charge on any atom is 0.131 e.